The number of anilines is 1. The van der Waals surface area contributed by atoms with Crippen molar-refractivity contribution in [3.8, 4) is 11.5 Å². The topological polar surface area (TPSA) is 85.2 Å². The van der Waals surface area contributed by atoms with Gasteiger partial charge in [0, 0.05) is 37.8 Å². The molecule has 1 aliphatic heterocycles. The van der Waals surface area contributed by atoms with E-state index in [0.717, 1.165) is 12.1 Å². The zero-order valence-corrected chi connectivity index (χ0v) is 17.1. The van der Waals surface area contributed by atoms with Gasteiger partial charge in [0.15, 0.2) is 11.5 Å². The maximum atomic E-state index is 12.9. The molecule has 0 atom stereocenters. The third-order valence-electron chi connectivity index (χ3n) is 5.03. The summed E-state index contributed by atoms with van der Waals surface area (Å²) < 4.78 is 73.0. The van der Waals surface area contributed by atoms with Gasteiger partial charge in [0.05, 0.1) is 17.6 Å². The maximum Gasteiger partial charge on any atom is 0.416 e. The van der Waals surface area contributed by atoms with Crippen LogP contribution in [0, 0.1) is 10.1 Å². The van der Waals surface area contributed by atoms with Crippen molar-refractivity contribution in [1.29, 1.82) is 0 Å². The van der Waals surface area contributed by atoms with Crippen molar-refractivity contribution in [3.63, 3.8) is 0 Å². The fraction of sp³-hybridized carbons (Fsp3) is 0.350. The Morgan fingerprint density at radius 1 is 1.06 bits per heavy atom. The van der Waals surface area contributed by atoms with E-state index in [1.165, 1.54) is 35.1 Å². The first-order valence-corrected chi connectivity index (χ1v) is 9.54. The molecule has 0 N–H and O–H groups in total. The van der Waals surface area contributed by atoms with E-state index in [2.05, 4.69) is 4.74 Å². The molecule has 0 saturated carbocycles. The Bertz CT molecular complexity index is 1040. The van der Waals surface area contributed by atoms with Crippen LogP contribution in [0.1, 0.15) is 15.9 Å². The molecule has 3 rings (SSSR count). The summed E-state index contributed by atoms with van der Waals surface area (Å²) in [6.07, 6.45) is -4.72. The number of piperazine rings is 1. The number of hydrogen-bond acceptors (Lipinski definition) is 6. The Morgan fingerprint density at radius 2 is 1.73 bits per heavy atom. The Morgan fingerprint density at radius 3 is 2.27 bits per heavy atom. The summed E-state index contributed by atoms with van der Waals surface area (Å²) in [6.45, 7) is -2.52. The Kier molecular flexibility index (Phi) is 6.89. The number of carbonyl (C=O) groups excluding carboxylic acids is 1. The number of ether oxygens (including phenoxy) is 2. The third kappa shape index (κ3) is 5.41. The number of nitro benzene ring substituents is 1. The van der Waals surface area contributed by atoms with Gasteiger partial charge in [-0.2, -0.15) is 22.0 Å². The molecule has 0 unspecified atom stereocenters. The van der Waals surface area contributed by atoms with E-state index in [0.29, 0.717) is 6.07 Å². The van der Waals surface area contributed by atoms with E-state index in [4.69, 9.17) is 4.74 Å². The van der Waals surface area contributed by atoms with E-state index >= 15 is 0 Å². The molecular weight excluding hydrogens is 457 g/mol. The highest BCUT2D eigenvalue weighted by molar-refractivity contribution is 5.95. The SMILES string of the molecule is COc1cc(C(=O)N2CCN(c3ccc(C(F)(F)F)cc3[N+](=O)[O-])CC2)ccc1OC(F)F. The van der Waals surface area contributed by atoms with Gasteiger partial charge in [0.25, 0.3) is 11.6 Å². The van der Waals surface area contributed by atoms with E-state index < -0.39 is 34.9 Å². The van der Waals surface area contributed by atoms with E-state index in [1.54, 1.807) is 0 Å². The monoisotopic (exact) mass is 475 g/mol. The van der Waals surface area contributed by atoms with Gasteiger partial charge in [-0.05, 0) is 30.3 Å². The highest BCUT2D eigenvalue weighted by Gasteiger charge is 2.34. The van der Waals surface area contributed by atoms with E-state index in [9.17, 15) is 36.9 Å². The van der Waals surface area contributed by atoms with Crippen molar-refractivity contribution in [2.75, 3.05) is 38.2 Å². The second kappa shape index (κ2) is 9.46. The average molecular weight is 475 g/mol. The zero-order valence-electron chi connectivity index (χ0n) is 17.1. The molecule has 0 bridgehead atoms. The van der Waals surface area contributed by atoms with Crippen LogP contribution in [0.4, 0.5) is 33.3 Å². The molecule has 1 fully saturated rings. The minimum absolute atomic E-state index is 0.0234. The lowest BCUT2D eigenvalue weighted by Gasteiger charge is -2.36. The van der Waals surface area contributed by atoms with Gasteiger partial charge in [0.1, 0.15) is 5.69 Å². The fourth-order valence-electron chi connectivity index (χ4n) is 3.44. The summed E-state index contributed by atoms with van der Waals surface area (Å²) >= 11 is 0. The first-order valence-electron chi connectivity index (χ1n) is 9.54. The number of nitrogens with zero attached hydrogens (tertiary/aromatic N) is 3. The van der Waals surface area contributed by atoms with E-state index in [-0.39, 0.29) is 48.9 Å². The van der Waals surface area contributed by atoms with Gasteiger partial charge in [-0.15, -0.1) is 0 Å². The molecule has 0 radical (unpaired) electrons. The lowest BCUT2D eigenvalue weighted by Crippen LogP contribution is -2.49. The first kappa shape index (κ1) is 24.0. The summed E-state index contributed by atoms with van der Waals surface area (Å²) in [5.74, 6) is -0.720. The normalized spacial score (nSPS) is 14.4. The molecule has 13 heteroatoms. The van der Waals surface area contributed by atoms with Crippen molar-refractivity contribution in [1.82, 2.24) is 4.90 Å². The van der Waals surface area contributed by atoms with Gasteiger partial charge in [-0.3, -0.25) is 14.9 Å². The standard InChI is InChI=1S/C20H18F5N3O5/c1-32-17-10-12(2-5-16(17)33-19(21)22)18(29)27-8-6-26(7-9-27)14-4-3-13(20(23,24)25)11-15(14)28(30)31/h2-5,10-11,19H,6-9H2,1H3. The van der Waals surface area contributed by atoms with Crippen LogP contribution < -0.4 is 14.4 Å². The van der Waals surface area contributed by atoms with Crippen molar-refractivity contribution < 1.29 is 41.1 Å². The van der Waals surface area contributed by atoms with Crippen LogP contribution in [-0.4, -0.2) is 55.6 Å². The van der Waals surface area contributed by atoms with Crippen LogP contribution in [0.2, 0.25) is 0 Å². The van der Waals surface area contributed by atoms with E-state index in [1.807, 2.05) is 0 Å². The average Bonchev–Trinajstić information content (AvgIpc) is 2.77. The van der Waals surface area contributed by atoms with Crippen LogP contribution in [0.3, 0.4) is 0 Å². The second-order valence-corrected chi connectivity index (χ2v) is 6.98. The summed E-state index contributed by atoms with van der Waals surface area (Å²) in [5, 5.41) is 11.3. The molecule has 33 heavy (non-hydrogen) atoms. The van der Waals surface area contributed by atoms with Crippen LogP contribution in [-0.2, 0) is 6.18 Å². The summed E-state index contributed by atoms with van der Waals surface area (Å²) in [6, 6.07) is 6.05. The largest absolute Gasteiger partial charge is 0.493 e. The van der Waals surface area contributed by atoms with Gasteiger partial charge >= 0.3 is 12.8 Å². The fourth-order valence-corrected chi connectivity index (χ4v) is 3.44. The summed E-state index contributed by atoms with van der Waals surface area (Å²) in [5.41, 5.74) is -1.62. The Hall–Kier alpha value is -3.64. The quantitative estimate of drug-likeness (QED) is 0.354. The van der Waals surface area contributed by atoms with Crippen molar-refractivity contribution in [2.24, 2.45) is 0 Å². The highest BCUT2D eigenvalue weighted by atomic mass is 19.4. The lowest BCUT2D eigenvalue weighted by atomic mass is 10.1. The molecule has 2 aromatic rings. The molecule has 8 nitrogen and oxygen atoms in total. The summed E-state index contributed by atoms with van der Waals surface area (Å²) in [7, 11) is 1.23. The number of carbonyl (C=O) groups is 1. The zero-order chi connectivity index (χ0) is 24.3. The maximum absolute atomic E-state index is 12.9. The summed E-state index contributed by atoms with van der Waals surface area (Å²) in [4.78, 5) is 26.2. The predicted octanol–water partition coefficient (Wildman–Crippen LogP) is 4.19. The number of halogens is 5. The van der Waals surface area contributed by atoms with Gasteiger partial charge in [-0.25, -0.2) is 0 Å². The molecule has 1 saturated heterocycles. The molecule has 1 heterocycles. The minimum atomic E-state index is -4.72. The first-order chi connectivity index (χ1) is 15.5. The second-order valence-electron chi connectivity index (χ2n) is 6.98. The van der Waals surface area contributed by atoms with Crippen molar-refractivity contribution >= 4 is 17.3 Å². The Balaban J connectivity index is 1.74. The molecule has 0 aliphatic carbocycles. The number of benzene rings is 2. The number of methoxy groups -OCH3 is 1. The van der Waals surface area contributed by atoms with Crippen LogP contribution >= 0.6 is 0 Å². The number of hydrogen-bond donors (Lipinski definition) is 0. The number of nitro groups is 1. The molecule has 0 spiro atoms. The van der Waals surface area contributed by atoms with Crippen molar-refractivity contribution in [3.05, 3.63) is 57.6 Å². The minimum Gasteiger partial charge on any atom is -0.493 e. The predicted molar refractivity (Wildman–Crippen MR) is 106 cm³/mol. The lowest BCUT2D eigenvalue weighted by molar-refractivity contribution is -0.384. The smallest absolute Gasteiger partial charge is 0.416 e. The molecule has 0 aromatic heterocycles. The molecule has 1 amide bonds. The number of rotatable bonds is 6. The highest BCUT2D eigenvalue weighted by Crippen LogP contribution is 2.37. The molecule has 2 aromatic carbocycles. The van der Waals surface area contributed by atoms with Crippen LogP contribution in [0.25, 0.3) is 0 Å². The number of alkyl halides is 5. The number of amides is 1. The molecule has 1 aliphatic rings. The van der Waals surface area contributed by atoms with Crippen LogP contribution in [0.15, 0.2) is 36.4 Å². The van der Waals surface area contributed by atoms with Crippen LogP contribution in [0.5, 0.6) is 11.5 Å². The van der Waals surface area contributed by atoms with Crippen molar-refractivity contribution in [2.45, 2.75) is 12.8 Å². The van der Waals surface area contributed by atoms with Gasteiger partial charge in [0.2, 0.25) is 0 Å². The Labute approximate surface area is 184 Å². The van der Waals surface area contributed by atoms with Gasteiger partial charge < -0.3 is 19.3 Å². The van der Waals surface area contributed by atoms with Gasteiger partial charge in [-0.1, -0.05) is 0 Å². The molecule has 178 valence electrons. The third-order valence-corrected chi connectivity index (χ3v) is 5.03. The molecular formula is C20H18F5N3O5.